The van der Waals surface area contributed by atoms with Gasteiger partial charge in [0, 0.05) is 12.1 Å². The number of hydrogen-bond acceptors (Lipinski definition) is 1. The number of nitrogens with zero attached hydrogens (tertiary/aromatic N) is 1. The highest BCUT2D eigenvalue weighted by Crippen LogP contribution is 2.46. The largest absolute Gasteiger partial charge is 0.296 e. The molecule has 1 aromatic rings. The predicted octanol–water partition coefficient (Wildman–Crippen LogP) is 2.74. The second-order valence-electron chi connectivity index (χ2n) is 4.99. The molecule has 1 nitrogen and oxygen atoms in total. The molecule has 1 spiro atoms. The molecule has 1 fully saturated rings. The highest BCUT2D eigenvalue weighted by molar-refractivity contribution is 5.36. The maximum atomic E-state index is 3.22. The Hall–Kier alpha value is -0.820. The van der Waals surface area contributed by atoms with Gasteiger partial charge in [0.05, 0.1) is 0 Å². The molecule has 15 heavy (non-hydrogen) atoms. The molecule has 0 saturated heterocycles. The molecule has 1 aliphatic carbocycles. The van der Waals surface area contributed by atoms with E-state index in [-0.39, 0.29) is 0 Å². The molecule has 2 aliphatic rings. The Bertz CT molecular complexity index is 363. The van der Waals surface area contributed by atoms with Gasteiger partial charge in [-0.15, -0.1) is 0 Å². The van der Waals surface area contributed by atoms with Crippen molar-refractivity contribution in [2.75, 3.05) is 13.6 Å². The van der Waals surface area contributed by atoms with Crippen molar-refractivity contribution >= 4 is 0 Å². The summed E-state index contributed by atoms with van der Waals surface area (Å²) in [6.45, 7) is 1.21. The van der Waals surface area contributed by atoms with Gasteiger partial charge in [-0.2, -0.15) is 0 Å². The van der Waals surface area contributed by atoms with Crippen LogP contribution in [0.15, 0.2) is 18.2 Å². The molecule has 0 aromatic heterocycles. The third-order valence-corrected chi connectivity index (χ3v) is 4.33. The second-order valence-corrected chi connectivity index (χ2v) is 4.99. The molecule has 79 valence electrons. The topological polar surface area (TPSA) is 3.24 Å². The van der Waals surface area contributed by atoms with E-state index in [2.05, 4.69) is 36.2 Å². The van der Waals surface area contributed by atoms with Gasteiger partial charge in [0.15, 0.2) is 0 Å². The van der Waals surface area contributed by atoms with E-state index in [1.807, 2.05) is 0 Å². The van der Waals surface area contributed by atoms with E-state index in [0.29, 0.717) is 5.54 Å². The Morgan fingerprint density at radius 2 is 2.13 bits per heavy atom. The van der Waals surface area contributed by atoms with Gasteiger partial charge in [-0.05, 0) is 43.5 Å². The highest BCUT2D eigenvalue weighted by atomic mass is 15.2. The van der Waals surface area contributed by atoms with E-state index in [0.717, 1.165) is 0 Å². The fraction of sp³-hybridized carbons (Fsp3) is 0.571. The molecule has 1 saturated carbocycles. The average molecular weight is 200 g/mol. The van der Waals surface area contributed by atoms with Crippen molar-refractivity contribution in [3.8, 4) is 0 Å². The normalized spacial score (nSPS) is 24.3. The molecule has 0 amide bonds. The number of benzene rings is 1. The minimum atomic E-state index is 0.378. The van der Waals surface area contributed by atoms with Gasteiger partial charge < -0.3 is 0 Å². The van der Waals surface area contributed by atoms with Crippen LogP contribution in [0.2, 0.25) is 0 Å². The molecule has 1 aromatic carbocycles. The number of hydrogen-bond donors (Lipinski definition) is 0. The summed E-state index contributed by atoms with van der Waals surface area (Å²) in [4.78, 5) is 2.59. The molecular formula is C14H18N. The van der Waals surface area contributed by atoms with Gasteiger partial charge in [0.1, 0.15) is 0 Å². The Morgan fingerprint density at radius 3 is 2.93 bits per heavy atom. The zero-order valence-electron chi connectivity index (χ0n) is 9.42. The lowest BCUT2D eigenvalue weighted by Gasteiger charge is -2.44. The van der Waals surface area contributed by atoms with Crippen LogP contribution >= 0.6 is 0 Å². The molecule has 0 bridgehead atoms. The summed E-state index contributed by atoms with van der Waals surface area (Å²) in [7, 11) is 2.30. The Morgan fingerprint density at radius 1 is 1.33 bits per heavy atom. The van der Waals surface area contributed by atoms with E-state index in [1.165, 1.54) is 44.2 Å². The van der Waals surface area contributed by atoms with Crippen LogP contribution in [-0.4, -0.2) is 18.5 Å². The van der Waals surface area contributed by atoms with Crippen molar-refractivity contribution in [1.29, 1.82) is 0 Å². The molecule has 1 radical (unpaired) electrons. The molecule has 0 unspecified atom stereocenters. The van der Waals surface area contributed by atoms with Crippen LogP contribution in [0.5, 0.6) is 0 Å². The van der Waals surface area contributed by atoms with Crippen molar-refractivity contribution in [2.45, 2.75) is 37.6 Å². The molecular weight excluding hydrogens is 182 g/mol. The van der Waals surface area contributed by atoms with Gasteiger partial charge in [0.2, 0.25) is 0 Å². The summed E-state index contributed by atoms with van der Waals surface area (Å²) in [5, 5.41) is 0. The first-order valence-electron chi connectivity index (χ1n) is 6.04. The maximum Gasteiger partial charge on any atom is 0.0460 e. The third-order valence-electron chi connectivity index (χ3n) is 4.33. The first kappa shape index (κ1) is 9.41. The molecule has 3 rings (SSSR count). The molecule has 1 heteroatoms. The summed E-state index contributed by atoms with van der Waals surface area (Å²) in [6, 6.07) is 9.80. The molecule has 1 heterocycles. The lowest BCUT2D eigenvalue weighted by atomic mass is 9.80. The van der Waals surface area contributed by atoms with Crippen LogP contribution in [-0.2, 0) is 12.0 Å². The van der Waals surface area contributed by atoms with Crippen LogP contribution in [0, 0.1) is 6.07 Å². The minimum absolute atomic E-state index is 0.378. The average Bonchev–Trinajstić information content (AvgIpc) is 2.75. The van der Waals surface area contributed by atoms with Crippen LogP contribution in [0.25, 0.3) is 0 Å². The van der Waals surface area contributed by atoms with Crippen molar-refractivity contribution in [3.05, 3.63) is 35.4 Å². The summed E-state index contributed by atoms with van der Waals surface area (Å²) in [5.74, 6) is 0. The Balaban J connectivity index is 2.13. The summed E-state index contributed by atoms with van der Waals surface area (Å²) < 4.78 is 0. The first-order chi connectivity index (χ1) is 7.33. The van der Waals surface area contributed by atoms with Crippen molar-refractivity contribution in [2.24, 2.45) is 0 Å². The Labute approximate surface area is 92.1 Å². The summed E-state index contributed by atoms with van der Waals surface area (Å²) >= 11 is 0. The van der Waals surface area contributed by atoms with Crippen molar-refractivity contribution in [3.63, 3.8) is 0 Å². The summed E-state index contributed by atoms with van der Waals surface area (Å²) in [5.41, 5.74) is 3.51. The molecule has 1 aliphatic heterocycles. The smallest absolute Gasteiger partial charge is 0.0460 e. The van der Waals surface area contributed by atoms with Gasteiger partial charge in [-0.25, -0.2) is 0 Å². The summed E-state index contributed by atoms with van der Waals surface area (Å²) in [6.07, 6.45) is 6.68. The standard InChI is InChI=1S/C14H18N/c1-15-11-8-12-6-2-3-7-13(12)14(15)9-4-5-10-14/h3,6-7H,4-5,8-11H2,1H3. The lowest BCUT2D eigenvalue weighted by Crippen LogP contribution is -2.46. The fourth-order valence-electron chi connectivity index (χ4n) is 3.44. The highest BCUT2D eigenvalue weighted by Gasteiger charge is 2.42. The van der Waals surface area contributed by atoms with E-state index < -0.39 is 0 Å². The van der Waals surface area contributed by atoms with E-state index in [1.54, 1.807) is 5.56 Å². The van der Waals surface area contributed by atoms with E-state index in [9.17, 15) is 0 Å². The van der Waals surface area contributed by atoms with Crippen molar-refractivity contribution in [1.82, 2.24) is 4.90 Å². The number of fused-ring (bicyclic) bond motifs is 2. The van der Waals surface area contributed by atoms with Gasteiger partial charge in [-0.1, -0.05) is 31.0 Å². The van der Waals surface area contributed by atoms with E-state index >= 15 is 0 Å². The third kappa shape index (κ3) is 1.26. The second kappa shape index (κ2) is 3.34. The van der Waals surface area contributed by atoms with Crippen LogP contribution < -0.4 is 0 Å². The molecule has 0 N–H and O–H groups in total. The van der Waals surface area contributed by atoms with Crippen molar-refractivity contribution < 1.29 is 0 Å². The SMILES string of the molecule is CN1CCc2c[c]ccc2C12CCCC2. The first-order valence-corrected chi connectivity index (χ1v) is 6.04. The zero-order valence-corrected chi connectivity index (χ0v) is 9.42. The van der Waals surface area contributed by atoms with Crippen LogP contribution in [0.4, 0.5) is 0 Å². The zero-order chi connectivity index (χ0) is 10.3. The van der Waals surface area contributed by atoms with E-state index in [4.69, 9.17) is 0 Å². The fourth-order valence-corrected chi connectivity index (χ4v) is 3.44. The van der Waals surface area contributed by atoms with Gasteiger partial charge in [0.25, 0.3) is 0 Å². The lowest BCUT2D eigenvalue weighted by molar-refractivity contribution is 0.111. The number of rotatable bonds is 0. The molecule has 0 atom stereocenters. The minimum Gasteiger partial charge on any atom is -0.296 e. The van der Waals surface area contributed by atoms with Gasteiger partial charge >= 0.3 is 0 Å². The number of likely N-dealkylation sites (N-methyl/N-ethyl adjacent to an activating group) is 1. The maximum absolute atomic E-state index is 3.22. The Kier molecular flexibility index (Phi) is 2.10. The van der Waals surface area contributed by atoms with Crippen LogP contribution in [0.3, 0.4) is 0 Å². The van der Waals surface area contributed by atoms with Gasteiger partial charge in [-0.3, -0.25) is 4.90 Å². The van der Waals surface area contributed by atoms with Crippen LogP contribution in [0.1, 0.15) is 36.8 Å². The predicted molar refractivity (Wildman–Crippen MR) is 61.8 cm³/mol. The monoisotopic (exact) mass is 200 g/mol. The quantitative estimate of drug-likeness (QED) is 0.622.